The Morgan fingerprint density at radius 3 is 2.80 bits per heavy atom. The van der Waals surface area contributed by atoms with E-state index in [4.69, 9.17) is 4.74 Å². The van der Waals surface area contributed by atoms with Crippen LogP contribution in [0.3, 0.4) is 0 Å². The van der Waals surface area contributed by atoms with Gasteiger partial charge in [0.15, 0.2) is 17.4 Å². The Kier molecular flexibility index (Phi) is 4.50. The van der Waals surface area contributed by atoms with E-state index in [0.717, 1.165) is 18.1 Å². The average Bonchev–Trinajstić information content (AvgIpc) is 2.40. The van der Waals surface area contributed by atoms with Gasteiger partial charge in [0, 0.05) is 18.3 Å². The fraction of sp³-hybridized carbons (Fsp3) is 0.333. The standard InChI is InChI=1S/C15H18FN3O/c1-4-17-13-8-11(3)18-14(19-13)9-20-12-7-5-6-10(2)15(12)16/h5-8H,4,9H2,1-3H3,(H,17,18,19). The maximum Gasteiger partial charge on any atom is 0.168 e. The number of rotatable bonds is 5. The summed E-state index contributed by atoms with van der Waals surface area (Å²) in [6, 6.07) is 6.92. The Morgan fingerprint density at radius 1 is 1.25 bits per heavy atom. The first-order valence-corrected chi connectivity index (χ1v) is 6.56. The van der Waals surface area contributed by atoms with E-state index in [9.17, 15) is 4.39 Å². The van der Waals surface area contributed by atoms with Crippen molar-refractivity contribution in [1.29, 1.82) is 0 Å². The second-order valence-electron chi connectivity index (χ2n) is 4.52. The van der Waals surface area contributed by atoms with E-state index in [1.807, 2.05) is 19.9 Å². The van der Waals surface area contributed by atoms with Crippen molar-refractivity contribution in [2.24, 2.45) is 0 Å². The lowest BCUT2D eigenvalue weighted by Crippen LogP contribution is -2.08. The number of aromatic nitrogens is 2. The van der Waals surface area contributed by atoms with Crippen molar-refractivity contribution in [3.8, 4) is 5.75 Å². The third kappa shape index (κ3) is 3.44. The minimum Gasteiger partial charge on any atom is -0.483 e. The van der Waals surface area contributed by atoms with Crippen LogP contribution in [0.25, 0.3) is 0 Å². The lowest BCUT2D eigenvalue weighted by molar-refractivity contribution is 0.280. The maximum absolute atomic E-state index is 13.8. The van der Waals surface area contributed by atoms with Crippen LogP contribution in [0, 0.1) is 19.7 Å². The molecule has 0 unspecified atom stereocenters. The predicted octanol–water partition coefficient (Wildman–Crippen LogP) is 3.24. The van der Waals surface area contributed by atoms with E-state index in [1.165, 1.54) is 0 Å². The van der Waals surface area contributed by atoms with Gasteiger partial charge in [0.1, 0.15) is 12.4 Å². The van der Waals surface area contributed by atoms with Gasteiger partial charge in [-0.05, 0) is 32.4 Å². The predicted molar refractivity (Wildman–Crippen MR) is 76.4 cm³/mol. The zero-order chi connectivity index (χ0) is 14.5. The molecule has 1 aromatic heterocycles. The summed E-state index contributed by atoms with van der Waals surface area (Å²) in [6.07, 6.45) is 0. The molecule has 0 saturated heterocycles. The highest BCUT2D eigenvalue weighted by atomic mass is 19.1. The van der Waals surface area contributed by atoms with Gasteiger partial charge in [0.2, 0.25) is 0 Å². The van der Waals surface area contributed by atoms with Gasteiger partial charge >= 0.3 is 0 Å². The highest BCUT2D eigenvalue weighted by Gasteiger charge is 2.08. The van der Waals surface area contributed by atoms with Crippen molar-refractivity contribution in [3.63, 3.8) is 0 Å². The molecule has 1 N–H and O–H groups in total. The molecular formula is C15H18FN3O. The summed E-state index contributed by atoms with van der Waals surface area (Å²) in [5.41, 5.74) is 1.40. The lowest BCUT2D eigenvalue weighted by Gasteiger charge is -2.10. The summed E-state index contributed by atoms with van der Waals surface area (Å²) >= 11 is 0. The highest BCUT2D eigenvalue weighted by molar-refractivity contribution is 5.35. The average molecular weight is 275 g/mol. The van der Waals surface area contributed by atoms with Gasteiger partial charge in [-0.3, -0.25) is 0 Å². The van der Waals surface area contributed by atoms with Gasteiger partial charge < -0.3 is 10.1 Å². The van der Waals surface area contributed by atoms with E-state index in [2.05, 4.69) is 15.3 Å². The third-order valence-corrected chi connectivity index (χ3v) is 2.77. The van der Waals surface area contributed by atoms with Crippen LogP contribution in [0.1, 0.15) is 24.0 Å². The Hall–Kier alpha value is -2.17. The van der Waals surface area contributed by atoms with E-state index >= 15 is 0 Å². The van der Waals surface area contributed by atoms with E-state index in [0.29, 0.717) is 11.4 Å². The fourth-order valence-corrected chi connectivity index (χ4v) is 1.84. The van der Waals surface area contributed by atoms with Crippen molar-refractivity contribution in [1.82, 2.24) is 9.97 Å². The molecule has 0 fully saturated rings. The number of ether oxygens (including phenoxy) is 1. The zero-order valence-electron chi connectivity index (χ0n) is 11.9. The molecule has 1 aromatic carbocycles. The molecule has 0 bridgehead atoms. The zero-order valence-corrected chi connectivity index (χ0v) is 11.9. The molecule has 0 aliphatic rings. The van der Waals surface area contributed by atoms with Crippen molar-refractivity contribution < 1.29 is 9.13 Å². The summed E-state index contributed by atoms with van der Waals surface area (Å²) < 4.78 is 19.3. The molecular weight excluding hydrogens is 257 g/mol. The number of aryl methyl sites for hydroxylation is 2. The maximum atomic E-state index is 13.8. The number of benzene rings is 1. The Labute approximate surface area is 118 Å². The largest absolute Gasteiger partial charge is 0.483 e. The molecule has 106 valence electrons. The van der Waals surface area contributed by atoms with Gasteiger partial charge in [-0.15, -0.1) is 0 Å². The summed E-state index contributed by atoms with van der Waals surface area (Å²) in [6.45, 7) is 6.51. The van der Waals surface area contributed by atoms with Crippen LogP contribution < -0.4 is 10.1 Å². The monoisotopic (exact) mass is 275 g/mol. The molecule has 5 heteroatoms. The summed E-state index contributed by atoms with van der Waals surface area (Å²) in [5, 5.41) is 3.13. The Bertz CT molecular complexity index is 602. The summed E-state index contributed by atoms with van der Waals surface area (Å²) in [7, 11) is 0. The molecule has 20 heavy (non-hydrogen) atoms. The summed E-state index contributed by atoms with van der Waals surface area (Å²) in [4.78, 5) is 8.61. The Balaban J connectivity index is 2.12. The molecule has 0 radical (unpaired) electrons. The number of halogens is 1. The van der Waals surface area contributed by atoms with Gasteiger partial charge in [0.05, 0.1) is 0 Å². The summed E-state index contributed by atoms with van der Waals surface area (Å²) in [5.74, 6) is 1.16. The van der Waals surface area contributed by atoms with Crippen LogP contribution >= 0.6 is 0 Å². The first-order chi connectivity index (χ1) is 9.60. The first kappa shape index (κ1) is 14.2. The second kappa shape index (κ2) is 6.32. The SMILES string of the molecule is CCNc1cc(C)nc(COc2cccc(C)c2F)n1. The fourth-order valence-electron chi connectivity index (χ4n) is 1.84. The number of nitrogens with zero attached hydrogens (tertiary/aromatic N) is 2. The molecule has 0 saturated carbocycles. The van der Waals surface area contributed by atoms with E-state index in [1.54, 1.807) is 25.1 Å². The third-order valence-electron chi connectivity index (χ3n) is 2.77. The molecule has 0 atom stereocenters. The van der Waals surface area contributed by atoms with Gasteiger partial charge in [0.25, 0.3) is 0 Å². The lowest BCUT2D eigenvalue weighted by atomic mass is 10.2. The number of hydrogen-bond donors (Lipinski definition) is 1. The molecule has 0 spiro atoms. The highest BCUT2D eigenvalue weighted by Crippen LogP contribution is 2.20. The Morgan fingerprint density at radius 2 is 2.05 bits per heavy atom. The van der Waals surface area contributed by atoms with Crippen LogP contribution in [-0.2, 0) is 6.61 Å². The van der Waals surface area contributed by atoms with Crippen molar-refractivity contribution in [3.05, 3.63) is 47.2 Å². The van der Waals surface area contributed by atoms with Crippen LogP contribution in [0.15, 0.2) is 24.3 Å². The quantitative estimate of drug-likeness (QED) is 0.910. The molecule has 2 aromatic rings. The van der Waals surface area contributed by atoms with E-state index < -0.39 is 0 Å². The molecule has 0 aliphatic heterocycles. The van der Waals surface area contributed by atoms with Crippen molar-refractivity contribution >= 4 is 5.82 Å². The minimum absolute atomic E-state index is 0.139. The molecule has 4 nitrogen and oxygen atoms in total. The molecule has 2 rings (SSSR count). The van der Waals surface area contributed by atoms with Crippen LogP contribution in [0.5, 0.6) is 5.75 Å². The number of hydrogen-bond acceptors (Lipinski definition) is 4. The van der Waals surface area contributed by atoms with Gasteiger partial charge in [-0.2, -0.15) is 0 Å². The van der Waals surface area contributed by atoms with Gasteiger partial charge in [-0.25, -0.2) is 14.4 Å². The van der Waals surface area contributed by atoms with Crippen LogP contribution in [0.4, 0.5) is 10.2 Å². The number of anilines is 1. The smallest absolute Gasteiger partial charge is 0.168 e. The molecule has 1 heterocycles. The minimum atomic E-state index is -0.341. The molecule has 0 amide bonds. The topological polar surface area (TPSA) is 47.0 Å². The van der Waals surface area contributed by atoms with E-state index in [-0.39, 0.29) is 18.2 Å². The van der Waals surface area contributed by atoms with Crippen LogP contribution in [-0.4, -0.2) is 16.5 Å². The molecule has 0 aliphatic carbocycles. The number of nitrogens with one attached hydrogen (secondary N) is 1. The second-order valence-corrected chi connectivity index (χ2v) is 4.52. The van der Waals surface area contributed by atoms with Crippen molar-refractivity contribution in [2.75, 3.05) is 11.9 Å². The van der Waals surface area contributed by atoms with Crippen molar-refractivity contribution in [2.45, 2.75) is 27.4 Å². The normalized spacial score (nSPS) is 10.4. The van der Waals surface area contributed by atoms with Crippen LogP contribution in [0.2, 0.25) is 0 Å². The first-order valence-electron chi connectivity index (χ1n) is 6.56. The van der Waals surface area contributed by atoms with Gasteiger partial charge in [-0.1, -0.05) is 12.1 Å².